The van der Waals surface area contributed by atoms with Gasteiger partial charge in [-0.3, -0.25) is 15.5 Å². The summed E-state index contributed by atoms with van der Waals surface area (Å²) >= 11 is 12.0. The van der Waals surface area contributed by atoms with Gasteiger partial charge in [0.1, 0.15) is 6.33 Å². The highest BCUT2D eigenvalue weighted by Gasteiger charge is 2.25. The summed E-state index contributed by atoms with van der Waals surface area (Å²) < 4.78 is 24.8. The second kappa shape index (κ2) is 8.79. The number of aryl methyl sites for hydroxylation is 1. The van der Waals surface area contributed by atoms with Crippen molar-refractivity contribution in [1.82, 2.24) is 14.8 Å². The van der Waals surface area contributed by atoms with E-state index in [1.54, 1.807) is 18.2 Å². The maximum Gasteiger partial charge on any atom is 0.354 e. The third-order valence-electron chi connectivity index (χ3n) is 3.82. The number of halogens is 2. The van der Waals surface area contributed by atoms with Crippen molar-refractivity contribution in [2.45, 2.75) is 11.8 Å². The smallest absolute Gasteiger partial charge is 0.333 e. The van der Waals surface area contributed by atoms with E-state index in [1.807, 2.05) is 6.92 Å². The predicted molar refractivity (Wildman–Crippen MR) is 114 cm³/mol. The van der Waals surface area contributed by atoms with E-state index in [2.05, 4.69) is 25.5 Å². The van der Waals surface area contributed by atoms with Gasteiger partial charge in [-0.25, -0.2) is 18.4 Å². The average molecular weight is 469 g/mol. The SMILES string of the molecule is Cc1ccc(S(=O)(=O)NNc2ncnc(Nc3cc(Cl)ccc3Cl)c2[N+](=O)[O-])cc1. The largest absolute Gasteiger partial charge is 0.354 e. The molecule has 3 rings (SSSR count). The van der Waals surface area contributed by atoms with Gasteiger partial charge in [-0.15, -0.1) is 4.83 Å². The Hall–Kier alpha value is -2.99. The second-order valence-corrected chi connectivity index (χ2v) is 8.50. The van der Waals surface area contributed by atoms with Crippen molar-refractivity contribution >= 4 is 56.2 Å². The summed E-state index contributed by atoms with van der Waals surface area (Å²) in [5, 5.41) is 14.9. The molecule has 1 heterocycles. The van der Waals surface area contributed by atoms with E-state index in [1.165, 1.54) is 24.3 Å². The zero-order valence-electron chi connectivity index (χ0n) is 15.3. The van der Waals surface area contributed by atoms with Crippen molar-refractivity contribution in [2.24, 2.45) is 0 Å². The molecule has 0 aliphatic rings. The summed E-state index contributed by atoms with van der Waals surface area (Å²) in [6, 6.07) is 10.6. The first kappa shape index (κ1) is 21.7. The summed E-state index contributed by atoms with van der Waals surface area (Å²) in [4.78, 5) is 20.5. The molecule has 0 atom stereocenters. The van der Waals surface area contributed by atoms with Gasteiger partial charge < -0.3 is 5.32 Å². The topological polar surface area (TPSA) is 139 Å². The van der Waals surface area contributed by atoms with Gasteiger partial charge in [-0.1, -0.05) is 40.9 Å². The molecule has 0 aliphatic carbocycles. The number of aromatic nitrogens is 2. The highest BCUT2D eigenvalue weighted by Crippen LogP contribution is 2.34. The van der Waals surface area contributed by atoms with Crippen molar-refractivity contribution in [3.05, 3.63) is 74.5 Å². The van der Waals surface area contributed by atoms with Crippen LogP contribution in [0.4, 0.5) is 23.0 Å². The monoisotopic (exact) mass is 468 g/mol. The van der Waals surface area contributed by atoms with Gasteiger partial charge in [0.05, 0.1) is 20.5 Å². The number of hydrazine groups is 1. The lowest BCUT2D eigenvalue weighted by Gasteiger charge is -2.12. The first-order valence-electron chi connectivity index (χ1n) is 8.23. The van der Waals surface area contributed by atoms with Crippen LogP contribution in [0, 0.1) is 17.0 Å². The van der Waals surface area contributed by atoms with E-state index in [0.717, 1.165) is 11.9 Å². The molecule has 30 heavy (non-hydrogen) atoms. The third-order valence-corrected chi connectivity index (χ3v) is 5.65. The number of benzene rings is 2. The molecule has 1 aromatic heterocycles. The third kappa shape index (κ3) is 4.94. The molecule has 156 valence electrons. The lowest BCUT2D eigenvalue weighted by Crippen LogP contribution is -2.30. The molecule has 3 aromatic rings. The van der Waals surface area contributed by atoms with Crippen LogP contribution in [0.2, 0.25) is 10.0 Å². The molecule has 10 nitrogen and oxygen atoms in total. The Balaban J connectivity index is 1.90. The zero-order valence-corrected chi connectivity index (χ0v) is 17.6. The van der Waals surface area contributed by atoms with Gasteiger partial charge in [0.15, 0.2) is 0 Å². The minimum atomic E-state index is -4.00. The van der Waals surface area contributed by atoms with Crippen LogP contribution in [0.5, 0.6) is 0 Å². The van der Waals surface area contributed by atoms with Crippen LogP contribution < -0.4 is 15.6 Å². The number of hydrogen-bond acceptors (Lipinski definition) is 8. The molecule has 0 spiro atoms. The number of nitrogens with one attached hydrogen (secondary N) is 3. The normalized spacial score (nSPS) is 11.2. The first-order valence-corrected chi connectivity index (χ1v) is 10.5. The number of anilines is 3. The van der Waals surface area contributed by atoms with Crippen LogP contribution >= 0.6 is 23.2 Å². The van der Waals surface area contributed by atoms with Gasteiger partial charge in [0, 0.05) is 5.02 Å². The van der Waals surface area contributed by atoms with Crippen molar-refractivity contribution in [1.29, 1.82) is 0 Å². The van der Waals surface area contributed by atoms with Crippen molar-refractivity contribution in [3.8, 4) is 0 Å². The zero-order chi connectivity index (χ0) is 21.9. The molecule has 0 bridgehead atoms. The molecule has 13 heteroatoms. The van der Waals surface area contributed by atoms with Crippen molar-refractivity contribution < 1.29 is 13.3 Å². The molecule has 2 aromatic carbocycles. The number of nitro groups is 1. The molecule has 0 saturated heterocycles. The summed E-state index contributed by atoms with van der Waals surface area (Å²) in [6.07, 6.45) is 1.02. The Bertz CT molecular complexity index is 1210. The maximum atomic E-state index is 12.4. The number of rotatable bonds is 7. The molecule has 0 saturated carbocycles. The van der Waals surface area contributed by atoms with Gasteiger partial charge in [0.2, 0.25) is 11.6 Å². The Morgan fingerprint density at radius 3 is 2.37 bits per heavy atom. The molecule has 0 radical (unpaired) electrons. The number of nitrogens with zero attached hydrogens (tertiary/aromatic N) is 3. The lowest BCUT2D eigenvalue weighted by atomic mass is 10.2. The molecule has 3 N–H and O–H groups in total. The van der Waals surface area contributed by atoms with Crippen molar-refractivity contribution in [2.75, 3.05) is 10.7 Å². The van der Waals surface area contributed by atoms with E-state index in [-0.39, 0.29) is 27.2 Å². The van der Waals surface area contributed by atoms with Crippen molar-refractivity contribution in [3.63, 3.8) is 0 Å². The Morgan fingerprint density at radius 1 is 1.03 bits per heavy atom. The van der Waals surface area contributed by atoms with Gasteiger partial charge >= 0.3 is 5.69 Å². The predicted octanol–water partition coefficient (Wildman–Crippen LogP) is 4.05. The maximum absolute atomic E-state index is 12.4. The lowest BCUT2D eigenvalue weighted by molar-refractivity contribution is -0.383. The quantitative estimate of drug-likeness (QED) is 0.348. The fourth-order valence-corrected chi connectivity index (χ4v) is 3.53. The highest BCUT2D eigenvalue weighted by molar-refractivity contribution is 7.89. The second-order valence-electron chi connectivity index (χ2n) is 5.97. The molecule has 0 unspecified atom stereocenters. The minimum Gasteiger partial charge on any atom is -0.333 e. The minimum absolute atomic E-state index is 0.0265. The fourth-order valence-electron chi connectivity index (χ4n) is 2.35. The van der Waals surface area contributed by atoms with Crippen LogP contribution in [0.3, 0.4) is 0 Å². The Kier molecular flexibility index (Phi) is 6.37. The van der Waals surface area contributed by atoms with Gasteiger partial charge in [-0.05, 0) is 37.3 Å². The van der Waals surface area contributed by atoms with Crippen LogP contribution in [0.25, 0.3) is 0 Å². The highest BCUT2D eigenvalue weighted by atomic mass is 35.5. The molecule has 0 aliphatic heterocycles. The van der Waals surface area contributed by atoms with Crippen LogP contribution in [-0.2, 0) is 10.0 Å². The average Bonchev–Trinajstić information content (AvgIpc) is 2.69. The van der Waals surface area contributed by atoms with E-state index in [0.29, 0.717) is 5.02 Å². The van der Waals surface area contributed by atoms with Crippen LogP contribution in [0.15, 0.2) is 53.7 Å². The molecular formula is C17H14Cl2N6O4S. The summed E-state index contributed by atoms with van der Waals surface area (Å²) in [5.74, 6) is -0.581. The van der Waals surface area contributed by atoms with E-state index in [9.17, 15) is 18.5 Å². The van der Waals surface area contributed by atoms with Crippen LogP contribution in [-0.4, -0.2) is 23.3 Å². The standard InChI is InChI=1S/C17H14Cl2N6O4S/c1-10-2-5-12(6-3-10)30(28,29)24-23-17-15(25(26)27)16(20-9-21-17)22-14-8-11(18)4-7-13(14)19/h2-9,24H,1H3,(H2,20,21,22,23). The number of hydrogen-bond donors (Lipinski definition) is 3. The van der Waals surface area contributed by atoms with Gasteiger partial charge in [-0.2, -0.15) is 0 Å². The molecule has 0 fully saturated rings. The molecule has 0 amide bonds. The van der Waals surface area contributed by atoms with E-state index in [4.69, 9.17) is 23.2 Å². The Labute approximate surface area is 181 Å². The Morgan fingerprint density at radius 2 is 1.70 bits per heavy atom. The summed E-state index contributed by atoms with van der Waals surface area (Å²) in [7, 11) is -4.00. The van der Waals surface area contributed by atoms with E-state index >= 15 is 0 Å². The summed E-state index contributed by atoms with van der Waals surface area (Å²) in [6.45, 7) is 1.81. The fraction of sp³-hybridized carbons (Fsp3) is 0.0588. The van der Waals surface area contributed by atoms with Gasteiger partial charge in [0.25, 0.3) is 10.0 Å². The first-order chi connectivity index (χ1) is 14.2. The summed E-state index contributed by atoms with van der Waals surface area (Å²) in [5.41, 5.74) is 2.83. The van der Waals surface area contributed by atoms with Crippen LogP contribution in [0.1, 0.15) is 5.56 Å². The number of sulfonamides is 1. The van der Waals surface area contributed by atoms with E-state index < -0.39 is 20.6 Å². The molecular weight excluding hydrogens is 455 g/mol.